The van der Waals surface area contributed by atoms with Crippen LogP contribution in [-0.4, -0.2) is 50.3 Å². The number of benzene rings is 3. The van der Waals surface area contributed by atoms with E-state index in [0.717, 1.165) is 5.56 Å². The van der Waals surface area contributed by atoms with E-state index >= 15 is 0 Å². The van der Waals surface area contributed by atoms with Crippen molar-refractivity contribution in [2.24, 2.45) is 7.05 Å². The summed E-state index contributed by atoms with van der Waals surface area (Å²) in [6.07, 6.45) is 2.79. The Balaban J connectivity index is 1.32. The SMILES string of the molecule is C[C@@H](CO[Si](c1ccccc1)(c1ccccc1)C(C)(C)C)Nc1nc2c(-c3cnn(C)c3)nc(-c3ccc(C(F)F)cc3)cn2n1. The Morgan fingerprint density at radius 1 is 0.848 bits per heavy atom. The van der Waals surface area contributed by atoms with Crippen molar-refractivity contribution in [2.75, 3.05) is 11.9 Å². The van der Waals surface area contributed by atoms with Crippen LogP contribution in [-0.2, 0) is 11.5 Å². The van der Waals surface area contributed by atoms with Crippen LogP contribution in [0.15, 0.2) is 104 Å². The number of aryl methyl sites for hydroxylation is 1. The first kappa shape index (κ1) is 31.2. The van der Waals surface area contributed by atoms with E-state index < -0.39 is 14.7 Å². The molecule has 6 aromatic rings. The molecule has 1 atom stereocenters. The number of hydrogen-bond acceptors (Lipinski definition) is 6. The van der Waals surface area contributed by atoms with Crippen molar-refractivity contribution in [3.05, 3.63) is 109 Å². The van der Waals surface area contributed by atoms with Gasteiger partial charge in [0.15, 0.2) is 5.65 Å². The van der Waals surface area contributed by atoms with Gasteiger partial charge in [-0.25, -0.2) is 18.3 Å². The smallest absolute Gasteiger partial charge is 0.263 e. The highest BCUT2D eigenvalue weighted by Crippen LogP contribution is 2.37. The van der Waals surface area contributed by atoms with E-state index in [9.17, 15) is 8.78 Å². The fourth-order valence-corrected chi connectivity index (χ4v) is 10.6. The summed E-state index contributed by atoms with van der Waals surface area (Å²) in [6.45, 7) is 9.25. The first-order chi connectivity index (χ1) is 22.0. The minimum absolute atomic E-state index is 0.0428. The molecule has 3 heterocycles. The summed E-state index contributed by atoms with van der Waals surface area (Å²) >= 11 is 0. The van der Waals surface area contributed by atoms with Crippen LogP contribution in [0.2, 0.25) is 5.04 Å². The second-order valence-corrected chi connectivity index (χ2v) is 16.8. The van der Waals surface area contributed by atoms with E-state index in [2.05, 4.69) is 86.6 Å². The molecule has 0 aliphatic rings. The van der Waals surface area contributed by atoms with Crippen molar-refractivity contribution in [1.29, 1.82) is 0 Å². The lowest BCUT2D eigenvalue weighted by Gasteiger charge is -2.43. The van der Waals surface area contributed by atoms with Gasteiger partial charge >= 0.3 is 0 Å². The summed E-state index contributed by atoms with van der Waals surface area (Å²) in [5, 5.41) is 14.8. The van der Waals surface area contributed by atoms with Crippen molar-refractivity contribution in [3.63, 3.8) is 0 Å². The van der Waals surface area contributed by atoms with Crippen LogP contribution in [0, 0.1) is 0 Å². The lowest BCUT2D eigenvalue weighted by Crippen LogP contribution is -2.67. The quantitative estimate of drug-likeness (QED) is 0.173. The molecule has 6 rings (SSSR count). The van der Waals surface area contributed by atoms with Crippen LogP contribution in [0.1, 0.15) is 39.7 Å². The third-order valence-electron chi connectivity index (χ3n) is 8.10. The van der Waals surface area contributed by atoms with Crippen molar-refractivity contribution >= 4 is 30.3 Å². The number of nitrogens with zero attached hydrogens (tertiary/aromatic N) is 6. The highest BCUT2D eigenvalue weighted by Gasteiger charge is 2.50. The number of nitrogens with one attached hydrogen (secondary N) is 1. The lowest BCUT2D eigenvalue weighted by atomic mass is 10.1. The van der Waals surface area contributed by atoms with Crippen LogP contribution in [0.3, 0.4) is 0 Å². The Labute approximate surface area is 268 Å². The number of rotatable bonds is 10. The van der Waals surface area contributed by atoms with Crippen LogP contribution in [0.4, 0.5) is 14.7 Å². The Kier molecular flexibility index (Phi) is 8.54. The van der Waals surface area contributed by atoms with Gasteiger partial charge in [-0.05, 0) is 22.3 Å². The molecule has 8 nitrogen and oxygen atoms in total. The number of hydrogen-bond donors (Lipinski definition) is 1. The van der Waals surface area contributed by atoms with Gasteiger partial charge in [0.05, 0.1) is 24.7 Å². The van der Waals surface area contributed by atoms with Gasteiger partial charge in [-0.1, -0.05) is 106 Å². The van der Waals surface area contributed by atoms with E-state index in [0.29, 0.717) is 35.2 Å². The molecule has 0 fully saturated rings. The molecule has 0 unspecified atom stereocenters. The summed E-state index contributed by atoms with van der Waals surface area (Å²) in [5.74, 6) is 0.427. The molecular weight excluding hydrogens is 601 g/mol. The van der Waals surface area contributed by atoms with Gasteiger partial charge in [-0.15, -0.1) is 5.10 Å². The second kappa shape index (κ2) is 12.6. The van der Waals surface area contributed by atoms with Crippen LogP contribution in [0.5, 0.6) is 0 Å². The predicted molar refractivity (Wildman–Crippen MR) is 180 cm³/mol. The highest BCUT2D eigenvalue weighted by molar-refractivity contribution is 6.99. The fourth-order valence-electron chi connectivity index (χ4n) is 5.90. The standard InChI is InChI=1S/C35H37F2N7OSi/c1-24(23-45-46(35(2,3)4,28-12-8-6-9-13-28)29-14-10-7-11-15-29)39-34-41-33-31(27-20-38-43(5)21-27)40-30(22-44(33)42-34)25-16-18-26(19-17-25)32(36)37/h6-22,24,32H,23H2,1-5H3,(H,39,42)/t24-/m0/s1. The molecule has 3 aromatic heterocycles. The lowest BCUT2D eigenvalue weighted by molar-refractivity contribution is 0.151. The van der Waals surface area contributed by atoms with E-state index in [1.165, 1.54) is 22.5 Å². The third-order valence-corrected chi connectivity index (χ3v) is 13.1. The molecule has 0 bridgehead atoms. The van der Waals surface area contributed by atoms with Crippen LogP contribution >= 0.6 is 0 Å². The van der Waals surface area contributed by atoms with E-state index in [1.54, 1.807) is 33.7 Å². The highest BCUT2D eigenvalue weighted by atomic mass is 28.4. The Morgan fingerprint density at radius 3 is 2.02 bits per heavy atom. The predicted octanol–water partition coefficient (Wildman–Crippen LogP) is 6.51. The molecule has 0 saturated heterocycles. The van der Waals surface area contributed by atoms with Gasteiger partial charge in [0.2, 0.25) is 5.95 Å². The Morgan fingerprint density at radius 2 is 1.48 bits per heavy atom. The van der Waals surface area contributed by atoms with E-state index in [-0.39, 0.29) is 16.6 Å². The summed E-state index contributed by atoms with van der Waals surface area (Å²) < 4.78 is 36.9. The number of alkyl halides is 2. The van der Waals surface area contributed by atoms with E-state index in [1.807, 2.05) is 25.4 Å². The molecule has 3 aromatic carbocycles. The van der Waals surface area contributed by atoms with Crippen molar-refractivity contribution in [1.82, 2.24) is 29.4 Å². The maximum Gasteiger partial charge on any atom is 0.263 e. The third kappa shape index (κ3) is 6.07. The fraction of sp³-hybridized carbons (Fsp3) is 0.257. The van der Waals surface area contributed by atoms with Gasteiger partial charge < -0.3 is 9.74 Å². The first-order valence-corrected chi connectivity index (χ1v) is 17.1. The number of aromatic nitrogens is 6. The van der Waals surface area contributed by atoms with Crippen molar-refractivity contribution < 1.29 is 13.2 Å². The zero-order chi connectivity index (χ0) is 32.5. The molecule has 236 valence electrons. The number of fused-ring (bicyclic) bond motifs is 1. The van der Waals surface area contributed by atoms with Gasteiger partial charge in [-0.2, -0.15) is 10.1 Å². The molecule has 0 aliphatic carbocycles. The molecule has 0 amide bonds. The maximum atomic E-state index is 13.2. The Hall–Kier alpha value is -4.74. The van der Waals surface area contributed by atoms with Gasteiger partial charge in [0, 0.05) is 36.0 Å². The molecule has 11 heteroatoms. The molecule has 0 spiro atoms. The minimum atomic E-state index is -2.72. The zero-order valence-corrected chi connectivity index (χ0v) is 27.5. The Bertz CT molecular complexity index is 1880. The van der Waals surface area contributed by atoms with Crippen LogP contribution in [0.25, 0.3) is 28.2 Å². The van der Waals surface area contributed by atoms with Gasteiger partial charge in [0.25, 0.3) is 14.7 Å². The maximum absolute atomic E-state index is 13.2. The average Bonchev–Trinajstić information content (AvgIpc) is 3.66. The summed E-state index contributed by atoms with van der Waals surface area (Å²) in [4.78, 5) is 9.69. The van der Waals surface area contributed by atoms with Gasteiger partial charge in [0.1, 0.15) is 5.69 Å². The minimum Gasteiger partial charge on any atom is -0.405 e. The monoisotopic (exact) mass is 637 g/mol. The largest absolute Gasteiger partial charge is 0.405 e. The molecule has 0 radical (unpaired) electrons. The number of halogens is 2. The normalized spacial score (nSPS) is 13.0. The topological polar surface area (TPSA) is 82.2 Å². The molecule has 46 heavy (non-hydrogen) atoms. The summed E-state index contributed by atoms with van der Waals surface area (Å²) in [5.41, 5.74) is 3.11. The molecule has 0 aliphatic heterocycles. The van der Waals surface area contributed by atoms with Gasteiger partial charge in [-0.3, -0.25) is 4.68 Å². The average molecular weight is 638 g/mol. The second-order valence-electron chi connectivity index (χ2n) is 12.5. The molecular formula is C35H37F2N7OSi. The molecule has 0 saturated carbocycles. The first-order valence-electron chi connectivity index (χ1n) is 15.2. The van der Waals surface area contributed by atoms with E-state index in [4.69, 9.17) is 19.5 Å². The number of anilines is 1. The summed E-state index contributed by atoms with van der Waals surface area (Å²) in [7, 11) is -0.889. The zero-order valence-electron chi connectivity index (χ0n) is 26.5. The summed E-state index contributed by atoms with van der Waals surface area (Å²) in [6, 6.07) is 27.1. The van der Waals surface area contributed by atoms with Crippen LogP contribution < -0.4 is 15.7 Å². The van der Waals surface area contributed by atoms with Crippen molar-refractivity contribution in [2.45, 2.75) is 45.2 Å². The van der Waals surface area contributed by atoms with Crippen molar-refractivity contribution in [3.8, 4) is 22.5 Å². The molecule has 1 N–H and O–H groups in total.